The van der Waals surface area contributed by atoms with E-state index < -0.39 is 0 Å². The van der Waals surface area contributed by atoms with Gasteiger partial charge in [-0.3, -0.25) is 0 Å². The van der Waals surface area contributed by atoms with Crippen LogP contribution in [-0.4, -0.2) is 49.4 Å². The first-order valence-electron chi connectivity index (χ1n) is 8.90. The lowest BCUT2D eigenvalue weighted by atomic mass is 9.92. The van der Waals surface area contributed by atoms with Crippen LogP contribution in [-0.2, 0) is 5.41 Å². The van der Waals surface area contributed by atoms with Crippen LogP contribution in [0.5, 0.6) is 0 Å². The zero-order chi connectivity index (χ0) is 18.3. The van der Waals surface area contributed by atoms with Crippen molar-refractivity contribution in [2.75, 3.05) is 29.9 Å². The largest absolute Gasteiger partial charge is 0.369 e. The normalized spacial score (nSPS) is 15.3. The summed E-state index contributed by atoms with van der Waals surface area (Å²) in [4.78, 5) is 10.8. The van der Waals surface area contributed by atoms with Crippen LogP contribution in [0.15, 0.2) is 24.5 Å². The van der Waals surface area contributed by atoms with Gasteiger partial charge in [0.25, 0.3) is 5.78 Å². The Morgan fingerprint density at radius 2 is 2.00 bits per heavy atom. The van der Waals surface area contributed by atoms with Gasteiger partial charge in [0.15, 0.2) is 5.82 Å². The standard InChI is InChI=1S/C18H24N8/c1-12-7-16(26-17(22-12)20-11-21-26)19-8-13-9-25(10-13)15-6-5-14(23-24-15)18(2,3)4/h5-7,11,13,19H,8-10H2,1-4H3. The van der Waals surface area contributed by atoms with E-state index in [-0.39, 0.29) is 5.41 Å². The smallest absolute Gasteiger partial charge is 0.254 e. The molecule has 4 heterocycles. The number of aryl methyl sites for hydroxylation is 1. The lowest BCUT2D eigenvalue weighted by Gasteiger charge is -2.40. The lowest BCUT2D eigenvalue weighted by Crippen LogP contribution is -2.50. The molecule has 1 aliphatic heterocycles. The second kappa shape index (κ2) is 6.19. The number of fused-ring (bicyclic) bond motifs is 1. The van der Waals surface area contributed by atoms with Crippen LogP contribution in [0.2, 0.25) is 0 Å². The van der Waals surface area contributed by atoms with E-state index in [0.717, 1.165) is 42.7 Å². The van der Waals surface area contributed by atoms with E-state index in [1.54, 1.807) is 4.52 Å². The van der Waals surface area contributed by atoms with Gasteiger partial charge in [-0.2, -0.15) is 19.7 Å². The number of nitrogens with zero attached hydrogens (tertiary/aromatic N) is 7. The number of hydrogen-bond acceptors (Lipinski definition) is 7. The molecule has 0 aromatic carbocycles. The van der Waals surface area contributed by atoms with Gasteiger partial charge in [0.05, 0.1) is 5.69 Å². The summed E-state index contributed by atoms with van der Waals surface area (Å²) in [5, 5.41) is 16.5. The molecule has 0 bridgehead atoms. The average Bonchev–Trinajstić information content (AvgIpc) is 3.01. The van der Waals surface area contributed by atoms with Crippen molar-refractivity contribution >= 4 is 17.4 Å². The van der Waals surface area contributed by atoms with Crippen LogP contribution in [0.25, 0.3) is 5.78 Å². The van der Waals surface area contributed by atoms with E-state index >= 15 is 0 Å². The molecular weight excluding hydrogens is 328 g/mol. The second-order valence-corrected chi connectivity index (χ2v) is 7.93. The van der Waals surface area contributed by atoms with E-state index in [1.165, 1.54) is 6.33 Å². The molecule has 0 spiro atoms. The summed E-state index contributed by atoms with van der Waals surface area (Å²) >= 11 is 0. The van der Waals surface area contributed by atoms with Gasteiger partial charge in [-0.05, 0) is 19.1 Å². The van der Waals surface area contributed by atoms with Gasteiger partial charge in [0.2, 0.25) is 0 Å². The number of anilines is 2. The van der Waals surface area contributed by atoms with E-state index in [4.69, 9.17) is 0 Å². The van der Waals surface area contributed by atoms with Crippen molar-refractivity contribution in [1.82, 2.24) is 29.8 Å². The maximum absolute atomic E-state index is 4.39. The van der Waals surface area contributed by atoms with Gasteiger partial charge in [-0.15, -0.1) is 5.10 Å². The van der Waals surface area contributed by atoms with Crippen LogP contribution < -0.4 is 10.2 Å². The highest BCUT2D eigenvalue weighted by atomic mass is 15.4. The van der Waals surface area contributed by atoms with Crippen molar-refractivity contribution in [3.8, 4) is 0 Å². The monoisotopic (exact) mass is 352 g/mol. The van der Waals surface area contributed by atoms with Gasteiger partial charge in [0, 0.05) is 42.7 Å². The molecule has 1 saturated heterocycles. The molecule has 136 valence electrons. The van der Waals surface area contributed by atoms with Gasteiger partial charge < -0.3 is 10.2 Å². The Kier molecular flexibility index (Phi) is 3.97. The predicted molar refractivity (Wildman–Crippen MR) is 100 cm³/mol. The fourth-order valence-electron chi connectivity index (χ4n) is 3.09. The van der Waals surface area contributed by atoms with Crippen molar-refractivity contribution in [3.63, 3.8) is 0 Å². The molecule has 26 heavy (non-hydrogen) atoms. The summed E-state index contributed by atoms with van der Waals surface area (Å²) in [5.74, 6) is 3.06. The Labute approximate surface area is 152 Å². The average molecular weight is 352 g/mol. The molecule has 0 aliphatic carbocycles. The van der Waals surface area contributed by atoms with Crippen molar-refractivity contribution in [2.24, 2.45) is 5.92 Å². The molecule has 8 heteroatoms. The van der Waals surface area contributed by atoms with Gasteiger partial charge >= 0.3 is 0 Å². The van der Waals surface area contributed by atoms with Crippen molar-refractivity contribution in [1.29, 1.82) is 0 Å². The van der Waals surface area contributed by atoms with Crippen molar-refractivity contribution < 1.29 is 0 Å². The summed E-state index contributed by atoms with van der Waals surface area (Å²) in [6.07, 6.45) is 1.53. The molecule has 0 unspecified atom stereocenters. The van der Waals surface area contributed by atoms with Crippen LogP contribution in [0.1, 0.15) is 32.2 Å². The summed E-state index contributed by atoms with van der Waals surface area (Å²) in [6.45, 7) is 11.2. The molecule has 4 rings (SSSR count). The van der Waals surface area contributed by atoms with Crippen molar-refractivity contribution in [3.05, 3.63) is 35.9 Å². The summed E-state index contributed by atoms with van der Waals surface area (Å²) in [6, 6.07) is 6.15. The fourth-order valence-corrected chi connectivity index (χ4v) is 3.09. The maximum atomic E-state index is 4.39. The topological polar surface area (TPSA) is 84.1 Å². The van der Waals surface area contributed by atoms with E-state index in [0.29, 0.717) is 11.7 Å². The highest BCUT2D eigenvalue weighted by Crippen LogP contribution is 2.25. The van der Waals surface area contributed by atoms with E-state index in [1.807, 2.05) is 13.0 Å². The molecule has 3 aromatic heterocycles. The molecule has 3 aromatic rings. The minimum atomic E-state index is 0.0301. The molecule has 1 N–H and O–H groups in total. The molecule has 0 saturated carbocycles. The number of hydrogen-bond donors (Lipinski definition) is 1. The van der Waals surface area contributed by atoms with Crippen LogP contribution in [0, 0.1) is 12.8 Å². The molecule has 1 aliphatic rings. The summed E-state index contributed by atoms with van der Waals surface area (Å²) < 4.78 is 1.74. The van der Waals surface area contributed by atoms with E-state index in [9.17, 15) is 0 Å². The minimum Gasteiger partial charge on any atom is -0.369 e. The van der Waals surface area contributed by atoms with Crippen LogP contribution in [0.4, 0.5) is 11.6 Å². The third kappa shape index (κ3) is 3.18. The summed E-state index contributed by atoms with van der Waals surface area (Å²) in [7, 11) is 0. The number of rotatable bonds is 4. The fraction of sp³-hybridized carbons (Fsp3) is 0.500. The van der Waals surface area contributed by atoms with Gasteiger partial charge in [-0.1, -0.05) is 20.8 Å². The Hall–Kier alpha value is -2.77. The molecule has 0 amide bonds. The van der Waals surface area contributed by atoms with Gasteiger partial charge in [0.1, 0.15) is 12.1 Å². The van der Waals surface area contributed by atoms with E-state index in [2.05, 4.69) is 68.4 Å². The second-order valence-electron chi connectivity index (χ2n) is 7.93. The van der Waals surface area contributed by atoms with Gasteiger partial charge in [-0.25, -0.2) is 4.98 Å². The minimum absolute atomic E-state index is 0.0301. The lowest BCUT2D eigenvalue weighted by molar-refractivity contribution is 0.424. The Morgan fingerprint density at radius 3 is 2.69 bits per heavy atom. The highest BCUT2D eigenvalue weighted by molar-refractivity contribution is 5.46. The molecule has 0 atom stereocenters. The SMILES string of the molecule is Cc1cc(NCC2CN(c3ccc(C(C)(C)C)nn3)C2)n2ncnc2n1. The third-order valence-electron chi connectivity index (χ3n) is 4.65. The molecule has 1 fully saturated rings. The summed E-state index contributed by atoms with van der Waals surface area (Å²) in [5.41, 5.74) is 1.98. The highest BCUT2D eigenvalue weighted by Gasteiger charge is 2.28. The first-order chi connectivity index (χ1) is 12.4. The zero-order valence-corrected chi connectivity index (χ0v) is 15.6. The quantitative estimate of drug-likeness (QED) is 0.769. The first-order valence-corrected chi connectivity index (χ1v) is 8.90. The van der Waals surface area contributed by atoms with Crippen molar-refractivity contribution in [2.45, 2.75) is 33.1 Å². The Bertz CT molecular complexity index is 903. The Morgan fingerprint density at radius 1 is 1.19 bits per heavy atom. The molecular formula is C18H24N8. The third-order valence-corrected chi connectivity index (χ3v) is 4.65. The number of aromatic nitrogens is 6. The first kappa shape index (κ1) is 16.7. The molecule has 0 radical (unpaired) electrons. The maximum Gasteiger partial charge on any atom is 0.254 e. The van der Waals surface area contributed by atoms with Crippen LogP contribution in [0.3, 0.4) is 0 Å². The van der Waals surface area contributed by atoms with Crippen LogP contribution >= 0.6 is 0 Å². The molecule has 8 nitrogen and oxygen atoms in total. The zero-order valence-electron chi connectivity index (χ0n) is 15.6. The number of nitrogens with one attached hydrogen (secondary N) is 1. The Balaban J connectivity index is 1.34. The predicted octanol–water partition coefficient (Wildman–Crippen LogP) is 2.07.